The van der Waals surface area contributed by atoms with Crippen molar-refractivity contribution >= 4 is 12.7 Å². The van der Waals surface area contributed by atoms with Crippen LogP contribution in [0.15, 0.2) is 73.2 Å². The molecule has 0 amide bonds. The van der Waals surface area contributed by atoms with Gasteiger partial charge in [-0.3, -0.25) is 9.97 Å². The van der Waals surface area contributed by atoms with Crippen LogP contribution in [0.1, 0.15) is 27.7 Å². The molecular weight excluding hydrogens is 413 g/mol. The largest absolute Gasteiger partial charge is 0.515 e. The van der Waals surface area contributed by atoms with Crippen molar-refractivity contribution in [2.45, 2.75) is 38.9 Å². The Hall–Kier alpha value is -3.49. The standard InChI is InChI=1S/C25H24BN5O2/c1-24(2)25(3,4)33-26(32-24)20-19(13-9-15-28-20)23-30-21(17-10-6-5-7-11-17)29-22(31-23)18-12-8-14-27-16-18/h5-16H,1-4H3. The molecule has 4 aromatic rings. The van der Waals surface area contributed by atoms with Gasteiger partial charge in [-0.2, -0.15) is 0 Å². The molecule has 3 aromatic heterocycles. The Kier molecular flexibility index (Phi) is 5.27. The summed E-state index contributed by atoms with van der Waals surface area (Å²) in [6.07, 6.45) is 5.19. The second kappa shape index (κ2) is 8.13. The molecule has 164 valence electrons. The molecule has 8 heteroatoms. The summed E-state index contributed by atoms with van der Waals surface area (Å²) in [4.78, 5) is 23.2. The van der Waals surface area contributed by atoms with Gasteiger partial charge in [-0.25, -0.2) is 15.0 Å². The Morgan fingerprint density at radius 1 is 0.667 bits per heavy atom. The molecule has 4 heterocycles. The molecule has 1 aliphatic heterocycles. The molecule has 5 rings (SSSR count). The number of benzene rings is 1. The second-order valence-corrected chi connectivity index (χ2v) is 8.94. The van der Waals surface area contributed by atoms with Crippen LogP contribution in [0.5, 0.6) is 0 Å². The van der Waals surface area contributed by atoms with Gasteiger partial charge in [0.1, 0.15) is 0 Å². The fraction of sp³-hybridized carbons (Fsp3) is 0.240. The summed E-state index contributed by atoms with van der Waals surface area (Å²) in [6.45, 7) is 8.08. The molecule has 1 fully saturated rings. The highest BCUT2D eigenvalue weighted by Gasteiger charge is 2.53. The molecule has 0 spiro atoms. The molecule has 1 saturated heterocycles. The maximum absolute atomic E-state index is 6.28. The summed E-state index contributed by atoms with van der Waals surface area (Å²) < 4.78 is 12.6. The van der Waals surface area contributed by atoms with E-state index in [0.29, 0.717) is 23.1 Å². The van der Waals surface area contributed by atoms with Crippen molar-refractivity contribution in [3.05, 3.63) is 73.2 Å². The van der Waals surface area contributed by atoms with Crippen molar-refractivity contribution < 1.29 is 9.31 Å². The first kappa shape index (κ1) is 21.4. The normalized spacial score (nSPS) is 16.7. The molecule has 0 N–H and O–H groups in total. The van der Waals surface area contributed by atoms with Gasteiger partial charge in [-0.05, 0) is 52.0 Å². The number of aromatic nitrogens is 5. The van der Waals surface area contributed by atoms with Crippen LogP contribution in [0.25, 0.3) is 34.2 Å². The summed E-state index contributed by atoms with van der Waals surface area (Å²) in [5.74, 6) is 1.61. The molecule has 1 aliphatic rings. The molecule has 0 bridgehead atoms. The summed E-state index contributed by atoms with van der Waals surface area (Å²) in [6, 6.07) is 17.4. The molecule has 1 aromatic carbocycles. The summed E-state index contributed by atoms with van der Waals surface area (Å²) in [5.41, 5.74) is 2.11. The smallest absolute Gasteiger partial charge is 0.398 e. The van der Waals surface area contributed by atoms with Crippen LogP contribution in [0.2, 0.25) is 0 Å². The van der Waals surface area contributed by atoms with Crippen molar-refractivity contribution in [1.29, 1.82) is 0 Å². The van der Waals surface area contributed by atoms with E-state index in [9.17, 15) is 0 Å². The highest BCUT2D eigenvalue weighted by atomic mass is 16.7. The van der Waals surface area contributed by atoms with E-state index in [2.05, 4.69) is 9.97 Å². The van der Waals surface area contributed by atoms with Crippen LogP contribution in [0.4, 0.5) is 0 Å². The Bertz CT molecular complexity index is 1210. The van der Waals surface area contributed by atoms with Crippen LogP contribution in [-0.4, -0.2) is 43.2 Å². The minimum absolute atomic E-state index is 0.484. The average molecular weight is 437 g/mol. The lowest BCUT2D eigenvalue weighted by Gasteiger charge is -2.32. The summed E-state index contributed by atoms with van der Waals surface area (Å²) >= 11 is 0. The first-order valence-corrected chi connectivity index (χ1v) is 10.9. The third-order valence-electron chi connectivity index (χ3n) is 6.14. The van der Waals surface area contributed by atoms with E-state index in [1.54, 1.807) is 18.6 Å². The van der Waals surface area contributed by atoms with E-state index in [0.717, 1.165) is 16.7 Å². The summed E-state index contributed by atoms with van der Waals surface area (Å²) in [7, 11) is -0.634. The van der Waals surface area contributed by atoms with Gasteiger partial charge in [0.2, 0.25) is 0 Å². The van der Waals surface area contributed by atoms with E-state index in [1.165, 1.54) is 0 Å². The van der Waals surface area contributed by atoms with Crippen molar-refractivity contribution in [2.75, 3.05) is 0 Å². The van der Waals surface area contributed by atoms with E-state index < -0.39 is 18.3 Å². The quantitative estimate of drug-likeness (QED) is 0.447. The lowest BCUT2D eigenvalue weighted by Crippen LogP contribution is -2.41. The highest BCUT2D eigenvalue weighted by Crippen LogP contribution is 2.37. The van der Waals surface area contributed by atoms with Gasteiger partial charge < -0.3 is 9.31 Å². The zero-order chi connectivity index (χ0) is 23.1. The molecule has 7 nitrogen and oxygen atoms in total. The first-order valence-electron chi connectivity index (χ1n) is 10.9. The molecular formula is C25H24BN5O2. The predicted molar refractivity (Wildman–Crippen MR) is 127 cm³/mol. The maximum atomic E-state index is 6.28. The van der Waals surface area contributed by atoms with E-state index in [1.807, 2.05) is 82.3 Å². The van der Waals surface area contributed by atoms with Crippen molar-refractivity contribution in [2.24, 2.45) is 0 Å². The van der Waals surface area contributed by atoms with Gasteiger partial charge in [-0.1, -0.05) is 30.3 Å². The third kappa shape index (κ3) is 4.03. The molecule has 0 aliphatic carbocycles. The van der Waals surface area contributed by atoms with E-state index in [-0.39, 0.29) is 0 Å². The second-order valence-electron chi connectivity index (χ2n) is 8.94. The molecule has 33 heavy (non-hydrogen) atoms. The molecule has 0 unspecified atom stereocenters. The van der Waals surface area contributed by atoms with Gasteiger partial charge in [0.25, 0.3) is 0 Å². The molecule has 0 radical (unpaired) electrons. The molecule has 0 atom stereocenters. The monoisotopic (exact) mass is 437 g/mol. The van der Waals surface area contributed by atoms with Gasteiger partial charge in [-0.15, -0.1) is 0 Å². The SMILES string of the molecule is CC1(C)OB(c2ncccc2-c2nc(-c3ccccc3)nc(-c3cccnc3)n2)OC1(C)C. The highest BCUT2D eigenvalue weighted by molar-refractivity contribution is 6.62. The average Bonchev–Trinajstić information content (AvgIpc) is 3.06. The summed E-state index contributed by atoms with van der Waals surface area (Å²) in [5, 5.41) is 0. The Morgan fingerprint density at radius 3 is 1.94 bits per heavy atom. The van der Waals surface area contributed by atoms with Crippen LogP contribution in [0, 0.1) is 0 Å². The lowest BCUT2D eigenvalue weighted by atomic mass is 9.80. The van der Waals surface area contributed by atoms with Crippen LogP contribution < -0.4 is 5.59 Å². The number of hydrogen-bond donors (Lipinski definition) is 0. The van der Waals surface area contributed by atoms with Crippen molar-refractivity contribution in [3.63, 3.8) is 0 Å². The maximum Gasteiger partial charge on any atom is 0.515 e. The van der Waals surface area contributed by atoms with Crippen molar-refractivity contribution in [3.8, 4) is 34.2 Å². The zero-order valence-electron chi connectivity index (χ0n) is 19.1. The van der Waals surface area contributed by atoms with E-state index >= 15 is 0 Å². The number of hydrogen-bond acceptors (Lipinski definition) is 7. The minimum Gasteiger partial charge on any atom is -0.398 e. The number of rotatable bonds is 4. The lowest BCUT2D eigenvalue weighted by molar-refractivity contribution is 0.00578. The minimum atomic E-state index is -0.634. The van der Waals surface area contributed by atoms with E-state index in [4.69, 9.17) is 24.3 Å². The fourth-order valence-electron chi connectivity index (χ4n) is 3.59. The van der Waals surface area contributed by atoms with Gasteiger partial charge in [0, 0.05) is 35.3 Å². The molecule has 0 saturated carbocycles. The van der Waals surface area contributed by atoms with Gasteiger partial charge in [0.05, 0.1) is 16.8 Å². The number of pyridine rings is 2. The third-order valence-corrected chi connectivity index (χ3v) is 6.14. The van der Waals surface area contributed by atoms with Crippen LogP contribution in [0.3, 0.4) is 0 Å². The fourth-order valence-corrected chi connectivity index (χ4v) is 3.59. The van der Waals surface area contributed by atoms with Crippen molar-refractivity contribution in [1.82, 2.24) is 24.9 Å². The van der Waals surface area contributed by atoms with Gasteiger partial charge in [0.15, 0.2) is 17.5 Å². The van der Waals surface area contributed by atoms with Crippen LogP contribution >= 0.6 is 0 Å². The zero-order valence-corrected chi connectivity index (χ0v) is 19.1. The van der Waals surface area contributed by atoms with Crippen LogP contribution in [-0.2, 0) is 9.31 Å². The van der Waals surface area contributed by atoms with Gasteiger partial charge >= 0.3 is 7.12 Å². The Balaban J connectivity index is 1.66. The topological polar surface area (TPSA) is 82.9 Å². The number of nitrogens with zero attached hydrogens (tertiary/aromatic N) is 5. The Labute approximate surface area is 193 Å². The Morgan fingerprint density at radius 2 is 1.27 bits per heavy atom. The predicted octanol–water partition coefficient (Wildman–Crippen LogP) is 3.96. The first-order chi connectivity index (χ1) is 15.8.